The molecular weight excluding hydrogens is 596 g/mol. The van der Waals surface area contributed by atoms with Crippen molar-refractivity contribution in [1.29, 1.82) is 0 Å². The van der Waals surface area contributed by atoms with Crippen LogP contribution in [0, 0.1) is 6.92 Å². The minimum Gasteiger partial charge on any atom is -0.490 e. The van der Waals surface area contributed by atoms with Crippen molar-refractivity contribution in [2.75, 3.05) is 53.1 Å². The van der Waals surface area contributed by atoms with Gasteiger partial charge < -0.3 is 33.7 Å². The fourth-order valence-corrected chi connectivity index (χ4v) is 6.53. The van der Waals surface area contributed by atoms with Crippen LogP contribution >= 0.6 is 11.6 Å². The molecule has 3 heterocycles. The molecule has 1 unspecified atom stereocenters. The number of aliphatic carboxylic acids is 1. The molecule has 2 saturated heterocycles. The van der Waals surface area contributed by atoms with E-state index in [9.17, 15) is 9.90 Å². The molecule has 0 radical (unpaired) electrons. The first kappa shape index (κ1) is 31.5. The van der Waals surface area contributed by atoms with Gasteiger partial charge in [0.15, 0.2) is 11.5 Å². The summed E-state index contributed by atoms with van der Waals surface area (Å²) in [6.07, 6.45) is 2.44. The number of piperidine rings is 1. The van der Waals surface area contributed by atoms with Crippen LogP contribution in [0.3, 0.4) is 0 Å². The Bertz CT molecular complexity index is 1520. The van der Waals surface area contributed by atoms with Crippen LogP contribution in [0.5, 0.6) is 23.0 Å². The Hall–Kier alpha value is -3.50. The number of carboxylic acid groups (broad SMARTS) is 1. The minimum atomic E-state index is -0.796. The number of hydrogen-bond acceptors (Lipinski definition) is 8. The van der Waals surface area contributed by atoms with Crippen molar-refractivity contribution in [2.45, 2.75) is 51.5 Å². The predicted molar refractivity (Wildman–Crippen MR) is 172 cm³/mol. The Morgan fingerprint density at radius 3 is 2.64 bits per heavy atom. The summed E-state index contributed by atoms with van der Waals surface area (Å²) in [5.74, 6) is 1.86. The van der Waals surface area contributed by atoms with Crippen molar-refractivity contribution in [1.82, 2.24) is 9.80 Å². The van der Waals surface area contributed by atoms with Crippen LogP contribution in [0.15, 0.2) is 48.5 Å². The average molecular weight is 637 g/mol. The Morgan fingerprint density at radius 2 is 1.82 bits per heavy atom. The number of carbonyl (C=O) groups is 1. The van der Waals surface area contributed by atoms with Crippen LogP contribution in [0.1, 0.15) is 36.0 Å². The van der Waals surface area contributed by atoms with E-state index < -0.39 is 12.0 Å². The molecule has 2 atom stereocenters. The highest BCUT2D eigenvalue weighted by atomic mass is 35.5. The molecule has 2 fully saturated rings. The molecular formula is C35H41ClN2O7. The van der Waals surface area contributed by atoms with Gasteiger partial charge in [0.25, 0.3) is 0 Å². The van der Waals surface area contributed by atoms with E-state index >= 15 is 0 Å². The molecule has 0 aliphatic carbocycles. The lowest BCUT2D eigenvalue weighted by molar-refractivity contribution is -0.144. The third-order valence-electron chi connectivity index (χ3n) is 8.84. The van der Waals surface area contributed by atoms with E-state index in [1.165, 1.54) is 0 Å². The standard InChI is InChI=1S/C35H41ClN2O7/c1-23-25(6-5-7-28(23)24-9-10-31-34(17-24)43-15-14-42-31)21-44-33-18-32(45-22-27-20-37(2)12-13-41-27)26(16-29(33)36)19-38-11-4-3-8-30(38)35(39)40/h5-7,9-10,16-18,27,30H,3-4,8,11-15,19-22H2,1-2H3,(H,39,40)/t27?,30-/m0/s1. The first-order valence-corrected chi connectivity index (χ1v) is 16.1. The molecule has 9 nitrogen and oxygen atoms in total. The molecule has 3 aliphatic rings. The summed E-state index contributed by atoms with van der Waals surface area (Å²) >= 11 is 6.81. The van der Waals surface area contributed by atoms with Gasteiger partial charge in [-0.3, -0.25) is 9.69 Å². The van der Waals surface area contributed by atoms with E-state index in [2.05, 4.69) is 31.0 Å². The van der Waals surface area contributed by atoms with Crippen molar-refractivity contribution in [3.8, 4) is 34.1 Å². The second-order valence-electron chi connectivity index (χ2n) is 12.0. The molecule has 3 aromatic rings. The highest BCUT2D eigenvalue weighted by Crippen LogP contribution is 2.38. The van der Waals surface area contributed by atoms with Gasteiger partial charge in [0.05, 0.1) is 11.6 Å². The predicted octanol–water partition coefficient (Wildman–Crippen LogP) is 5.81. The van der Waals surface area contributed by atoms with Crippen LogP contribution in [-0.2, 0) is 22.7 Å². The van der Waals surface area contributed by atoms with Gasteiger partial charge in [0.2, 0.25) is 0 Å². The monoisotopic (exact) mass is 636 g/mol. The number of rotatable bonds is 10. The third-order valence-corrected chi connectivity index (χ3v) is 9.13. The van der Waals surface area contributed by atoms with E-state index in [0.717, 1.165) is 65.2 Å². The van der Waals surface area contributed by atoms with E-state index in [0.29, 0.717) is 69.1 Å². The first-order chi connectivity index (χ1) is 21.9. The third kappa shape index (κ3) is 7.49. The van der Waals surface area contributed by atoms with Gasteiger partial charge in [-0.15, -0.1) is 0 Å². The minimum absolute atomic E-state index is 0.0654. The summed E-state index contributed by atoms with van der Waals surface area (Å²) in [7, 11) is 2.07. The molecule has 240 valence electrons. The Labute approximate surface area is 269 Å². The second-order valence-corrected chi connectivity index (χ2v) is 12.4. The van der Waals surface area contributed by atoms with Crippen LogP contribution in [-0.4, -0.2) is 86.1 Å². The molecule has 0 saturated carbocycles. The molecule has 0 bridgehead atoms. The van der Waals surface area contributed by atoms with E-state index in [-0.39, 0.29) is 6.10 Å². The van der Waals surface area contributed by atoms with Gasteiger partial charge in [-0.2, -0.15) is 0 Å². The van der Waals surface area contributed by atoms with E-state index in [1.54, 1.807) is 0 Å². The smallest absolute Gasteiger partial charge is 0.320 e. The number of hydrogen-bond donors (Lipinski definition) is 1. The number of likely N-dealkylation sites (N-methyl/N-ethyl adjacent to an activating group) is 1. The maximum Gasteiger partial charge on any atom is 0.320 e. The number of ether oxygens (including phenoxy) is 5. The summed E-state index contributed by atoms with van der Waals surface area (Å²) in [6, 6.07) is 15.3. The van der Waals surface area contributed by atoms with Gasteiger partial charge in [0.1, 0.15) is 50.1 Å². The van der Waals surface area contributed by atoms with Gasteiger partial charge in [-0.25, -0.2) is 0 Å². The van der Waals surface area contributed by atoms with Crippen molar-refractivity contribution in [3.63, 3.8) is 0 Å². The summed E-state index contributed by atoms with van der Waals surface area (Å²) in [6.45, 7) is 7.33. The Balaban J connectivity index is 1.22. The maximum atomic E-state index is 12.0. The normalized spacial score (nSPS) is 20.5. The number of likely N-dealkylation sites (tertiary alicyclic amines) is 1. The highest BCUT2D eigenvalue weighted by molar-refractivity contribution is 6.32. The quantitative estimate of drug-likeness (QED) is 0.296. The molecule has 45 heavy (non-hydrogen) atoms. The zero-order chi connectivity index (χ0) is 31.3. The molecule has 3 aliphatic heterocycles. The van der Waals surface area contributed by atoms with Crippen molar-refractivity contribution in [3.05, 3.63) is 70.2 Å². The molecule has 10 heteroatoms. The Kier molecular flexibility index (Phi) is 10.00. The van der Waals surface area contributed by atoms with Crippen molar-refractivity contribution < 1.29 is 33.6 Å². The molecule has 0 aromatic heterocycles. The largest absolute Gasteiger partial charge is 0.490 e. The van der Waals surface area contributed by atoms with Crippen molar-refractivity contribution >= 4 is 17.6 Å². The highest BCUT2D eigenvalue weighted by Gasteiger charge is 2.30. The number of morpholine rings is 1. The SMILES string of the molecule is Cc1c(COc2cc(OCC3CN(C)CCO3)c(CN3CCCC[C@H]3C(=O)O)cc2Cl)cccc1-c1ccc2c(c1)OCCO2. The number of carboxylic acids is 1. The van der Waals surface area contributed by atoms with Crippen LogP contribution in [0.2, 0.25) is 5.02 Å². The van der Waals surface area contributed by atoms with Crippen LogP contribution in [0.4, 0.5) is 0 Å². The van der Waals surface area contributed by atoms with Crippen LogP contribution < -0.4 is 18.9 Å². The lowest BCUT2D eigenvalue weighted by Gasteiger charge is -2.33. The van der Waals surface area contributed by atoms with Crippen molar-refractivity contribution in [2.24, 2.45) is 0 Å². The van der Waals surface area contributed by atoms with Gasteiger partial charge in [0, 0.05) is 31.3 Å². The topological polar surface area (TPSA) is 89.9 Å². The lowest BCUT2D eigenvalue weighted by Crippen LogP contribution is -2.44. The summed E-state index contributed by atoms with van der Waals surface area (Å²) in [4.78, 5) is 16.2. The summed E-state index contributed by atoms with van der Waals surface area (Å²) in [5, 5.41) is 10.3. The fourth-order valence-electron chi connectivity index (χ4n) is 6.29. The van der Waals surface area contributed by atoms with Gasteiger partial charge in [-0.1, -0.05) is 42.3 Å². The molecule has 0 amide bonds. The lowest BCUT2D eigenvalue weighted by atomic mass is 9.96. The Morgan fingerprint density at radius 1 is 0.978 bits per heavy atom. The fraction of sp³-hybridized carbons (Fsp3) is 0.457. The van der Waals surface area contributed by atoms with Crippen LogP contribution in [0.25, 0.3) is 11.1 Å². The number of benzene rings is 3. The number of nitrogens with zero attached hydrogens (tertiary/aromatic N) is 2. The maximum absolute atomic E-state index is 12.0. The summed E-state index contributed by atoms with van der Waals surface area (Å²) in [5.41, 5.74) is 5.10. The number of fused-ring (bicyclic) bond motifs is 1. The molecule has 3 aromatic carbocycles. The molecule has 6 rings (SSSR count). The zero-order valence-electron chi connectivity index (χ0n) is 25.9. The average Bonchev–Trinajstić information content (AvgIpc) is 3.04. The zero-order valence-corrected chi connectivity index (χ0v) is 26.7. The second kappa shape index (κ2) is 14.3. The first-order valence-electron chi connectivity index (χ1n) is 15.7. The molecule has 0 spiro atoms. The van der Waals surface area contributed by atoms with E-state index in [4.69, 9.17) is 35.3 Å². The summed E-state index contributed by atoms with van der Waals surface area (Å²) < 4.78 is 30.1. The number of halogens is 1. The van der Waals surface area contributed by atoms with Gasteiger partial charge >= 0.3 is 5.97 Å². The molecule has 1 N–H and O–H groups in total. The van der Waals surface area contributed by atoms with Gasteiger partial charge in [-0.05, 0) is 73.8 Å². The van der Waals surface area contributed by atoms with E-state index in [1.807, 2.05) is 41.3 Å².